The Kier molecular flexibility index (Phi) is 4.01. The van der Waals surface area contributed by atoms with Gasteiger partial charge in [-0.25, -0.2) is 0 Å². The molecule has 32 heavy (non-hydrogen) atoms. The van der Waals surface area contributed by atoms with E-state index < -0.39 is 17.3 Å². The van der Waals surface area contributed by atoms with E-state index in [0.717, 1.165) is 25.9 Å². The number of piperidine rings is 1. The fourth-order valence-electron chi connectivity index (χ4n) is 10.9. The Labute approximate surface area is 190 Å². The lowest BCUT2D eigenvalue weighted by molar-refractivity contribution is -0.268. The highest BCUT2D eigenvalue weighted by atomic mass is 16.7. The van der Waals surface area contributed by atoms with Crippen LogP contribution in [0, 0.1) is 34.5 Å². The van der Waals surface area contributed by atoms with E-state index >= 15 is 0 Å². The second-order valence-electron chi connectivity index (χ2n) is 11.7. The van der Waals surface area contributed by atoms with Gasteiger partial charge in [-0.1, -0.05) is 26.0 Å². The molecule has 1 N–H and O–H groups in total. The Bertz CT molecular complexity index is 867. The normalized spacial score (nSPS) is 63.6. The molecule has 7 heteroatoms. The zero-order valence-electron chi connectivity index (χ0n) is 19.8. The second kappa shape index (κ2) is 6.17. The minimum atomic E-state index is -0.807. The van der Waals surface area contributed by atoms with E-state index in [-0.39, 0.29) is 53.8 Å². The van der Waals surface area contributed by atoms with Gasteiger partial charge < -0.3 is 28.8 Å². The van der Waals surface area contributed by atoms with Crippen LogP contribution in [0.15, 0.2) is 12.2 Å². The van der Waals surface area contributed by atoms with Gasteiger partial charge >= 0.3 is 0 Å². The smallest absolute Gasteiger partial charge is 0.148 e. The van der Waals surface area contributed by atoms with Crippen LogP contribution in [0.3, 0.4) is 0 Å². The zero-order valence-corrected chi connectivity index (χ0v) is 19.8. The third-order valence-corrected chi connectivity index (χ3v) is 11.3. The Morgan fingerprint density at radius 1 is 1.16 bits per heavy atom. The molecule has 5 aliphatic carbocycles. The van der Waals surface area contributed by atoms with E-state index in [0.29, 0.717) is 11.8 Å². The van der Waals surface area contributed by atoms with Crippen molar-refractivity contribution in [2.75, 3.05) is 41.2 Å². The first-order valence-electron chi connectivity index (χ1n) is 12.4. The largest absolute Gasteiger partial charge is 0.390 e. The van der Waals surface area contributed by atoms with Crippen LogP contribution in [0.1, 0.15) is 26.7 Å². The van der Waals surface area contributed by atoms with Crippen LogP contribution < -0.4 is 0 Å². The van der Waals surface area contributed by atoms with Crippen molar-refractivity contribution in [3.05, 3.63) is 12.2 Å². The van der Waals surface area contributed by atoms with Crippen LogP contribution in [0.2, 0.25) is 0 Å². The van der Waals surface area contributed by atoms with Gasteiger partial charge in [0.25, 0.3) is 0 Å². The molecule has 7 bridgehead atoms. The molecule has 0 amide bonds. The summed E-state index contributed by atoms with van der Waals surface area (Å²) in [7, 11) is 5.47. The van der Waals surface area contributed by atoms with E-state index in [1.165, 1.54) is 0 Å². The number of likely N-dealkylation sites (N-methyl/N-ethyl adjacent to an activating group) is 1. The van der Waals surface area contributed by atoms with Gasteiger partial charge in [-0.2, -0.15) is 0 Å². The fourth-order valence-corrected chi connectivity index (χ4v) is 10.9. The fraction of sp³-hybridized carbons (Fsp3) is 0.920. The van der Waals surface area contributed by atoms with Gasteiger partial charge in [0.05, 0.1) is 30.5 Å². The predicted molar refractivity (Wildman–Crippen MR) is 115 cm³/mol. The summed E-state index contributed by atoms with van der Waals surface area (Å²) in [5, 5.41) is 12.4. The van der Waals surface area contributed by atoms with Crippen LogP contribution in [0.4, 0.5) is 0 Å². The van der Waals surface area contributed by atoms with Crippen molar-refractivity contribution in [3.63, 3.8) is 0 Å². The van der Waals surface area contributed by atoms with E-state index in [1.807, 2.05) is 14.2 Å². The monoisotopic (exact) mass is 447 g/mol. The molecule has 13 atom stereocenters. The molecule has 4 saturated carbocycles. The van der Waals surface area contributed by atoms with E-state index in [9.17, 15) is 5.11 Å². The van der Waals surface area contributed by atoms with Crippen molar-refractivity contribution >= 4 is 0 Å². The number of rotatable bonds is 4. The molecule has 0 radical (unpaired) electrons. The number of likely N-dealkylation sites (tertiary alicyclic amines) is 1. The van der Waals surface area contributed by atoms with Crippen molar-refractivity contribution < 1.29 is 28.8 Å². The molecule has 7 rings (SSSR count). The van der Waals surface area contributed by atoms with E-state index in [1.54, 1.807) is 7.11 Å². The van der Waals surface area contributed by atoms with Gasteiger partial charge in [0.15, 0.2) is 0 Å². The minimum absolute atomic E-state index is 0.0316. The second-order valence-corrected chi connectivity index (χ2v) is 11.7. The molecular formula is C25H37NO6. The Hall–Kier alpha value is -0.540. The van der Waals surface area contributed by atoms with Crippen LogP contribution in [-0.2, 0) is 23.7 Å². The summed E-state index contributed by atoms with van der Waals surface area (Å²) in [5.41, 5.74) is -1.81. The summed E-state index contributed by atoms with van der Waals surface area (Å²) in [6.07, 6.45) is 5.76. The Morgan fingerprint density at radius 3 is 2.66 bits per heavy atom. The highest BCUT2D eigenvalue weighted by molar-refractivity contribution is 5.45. The number of fused-ring (bicyclic) bond motifs is 1. The number of hydrogen-bond donors (Lipinski definition) is 1. The Morgan fingerprint density at radius 2 is 1.97 bits per heavy atom. The summed E-state index contributed by atoms with van der Waals surface area (Å²) < 4.78 is 32.1. The molecule has 178 valence electrons. The average molecular weight is 448 g/mol. The first-order chi connectivity index (χ1) is 15.4. The molecule has 2 heterocycles. The van der Waals surface area contributed by atoms with Gasteiger partial charge in [0.1, 0.15) is 18.0 Å². The van der Waals surface area contributed by atoms with Crippen molar-refractivity contribution in [3.8, 4) is 0 Å². The highest BCUT2D eigenvalue weighted by Gasteiger charge is 2.92. The molecule has 7 nitrogen and oxygen atoms in total. The maximum atomic E-state index is 12.4. The third kappa shape index (κ3) is 1.76. The highest BCUT2D eigenvalue weighted by Crippen LogP contribution is 2.81. The number of ether oxygens (including phenoxy) is 5. The van der Waals surface area contributed by atoms with E-state index in [2.05, 4.69) is 30.9 Å². The quantitative estimate of drug-likeness (QED) is 0.654. The standard InChI is InChI=1S/C25H37NO6/c1-6-26-11-22(2)8-7-16(29-4)24-14-9-13-15(28-3)10-23(17(14)18(13)30-5)25(21(24)26,32-12-31-23)20(27)19(22)24/h7-8,13-21,27H,6,9-12H2,1-5H3/t13-,14-,15+,16+,17-,18?,19-,20+,21?,22+,23-,24?,25?/m1/s1. The molecular weight excluding hydrogens is 410 g/mol. The summed E-state index contributed by atoms with van der Waals surface area (Å²) in [6.45, 7) is 6.62. The maximum absolute atomic E-state index is 12.4. The molecule has 0 aromatic carbocycles. The molecule has 2 saturated heterocycles. The third-order valence-electron chi connectivity index (χ3n) is 11.3. The predicted octanol–water partition coefficient (Wildman–Crippen LogP) is 1.44. The van der Waals surface area contributed by atoms with E-state index in [4.69, 9.17) is 23.7 Å². The van der Waals surface area contributed by atoms with Gasteiger partial charge in [-0.05, 0) is 18.9 Å². The molecule has 3 spiro atoms. The molecule has 2 aliphatic heterocycles. The number of methoxy groups -OCH3 is 3. The number of aliphatic hydroxyl groups is 1. The first kappa shape index (κ1) is 20.8. The maximum Gasteiger partial charge on any atom is 0.148 e. The van der Waals surface area contributed by atoms with Gasteiger partial charge in [-0.3, -0.25) is 4.90 Å². The molecule has 6 fully saturated rings. The van der Waals surface area contributed by atoms with Crippen LogP contribution in [0.5, 0.6) is 0 Å². The molecule has 0 aromatic rings. The summed E-state index contributed by atoms with van der Waals surface area (Å²) in [6, 6.07) is 0.0404. The van der Waals surface area contributed by atoms with Crippen molar-refractivity contribution in [2.45, 2.75) is 68.3 Å². The Balaban J connectivity index is 1.57. The lowest BCUT2D eigenvalue weighted by atomic mass is 9.44. The van der Waals surface area contributed by atoms with Gasteiger partial charge in [-0.15, -0.1) is 0 Å². The molecule has 7 aliphatic rings. The summed E-state index contributed by atoms with van der Waals surface area (Å²) >= 11 is 0. The van der Waals surface area contributed by atoms with Crippen molar-refractivity contribution in [1.29, 1.82) is 0 Å². The first-order valence-corrected chi connectivity index (χ1v) is 12.4. The van der Waals surface area contributed by atoms with Crippen LogP contribution >= 0.6 is 0 Å². The van der Waals surface area contributed by atoms with Gasteiger partial charge in [0.2, 0.25) is 0 Å². The number of aliphatic hydroxyl groups excluding tert-OH is 1. The van der Waals surface area contributed by atoms with Crippen LogP contribution in [-0.4, -0.2) is 92.9 Å². The van der Waals surface area contributed by atoms with Crippen molar-refractivity contribution in [2.24, 2.45) is 34.5 Å². The number of nitrogens with zero attached hydrogens (tertiary/aromatic N) is 1. The average Bonchev–Trinajstić information content (AvgIpc) is 3.37. The molecule has 4 unspecified atom stereocenters. The number of hydrogen-bond acceptors (Lipinski definition) is 7. The SMILES string of the molecule is CCN1C[C@]2(C)C=C[C@H](OC)C34C1C1(OCO[C@@]15C[C@H](OC)[C@H]1C[C@@H]3[C@@H]5C1OC)[C@@H](O)[C@@H]42. The topological polar surface area (TPSA) is 69.6 Å². The summed E-state index contributed by atoms with van der Waals surface area (Å²) in [4.78, 5) is 2.59. The summed E-state index contributed by atoms with van der Waals surface area (Å²) in [5.74, 6) is 0.850. The molecule has 0 aromatic heterocycles. The zero-order chi connectivity index (χ0) is 22.3. The van der Waals surface area contributed by atoms with Crippen LogP contribution in [0.25, 0.3) is 0 Å². The lowest BCUT2D eigenvalue weighted by Gasteiger charge is -2.68. The van der Waals surface area contributed by atoms with Crippen molar-refractivity contribution in [1.82, 2.24) is 4.90 Å². The van der Waals surface area contributed by atoms with Gasteiger partial charge in [0, 0.05) is 62.9 Å². The minimum Gasteiger partial charge on any atom is -0.390 e. The lowest BCUT2D eigenvalue weighted by Crippen LogP contribution is -2.80.